The molecular formula is C13H19NO4S. The molecule has 0 aliphatic heterocycles. The molecule has 0 aliphatic rings. The van der Waals surface area contributed by atoms with E-state index in [1.54, 1.807) is 19.1 Å². The van der Waals surface area contributed by atoms with Crippen LogP contribution in [-0.2, 0) is 14.3 Å². The fourth-order valence-electron chi connectivity index (χ4n) is 1.34. The maximum atomic E-state index is 11.7. The van der Waals surface area contributed by atoms with Crippen molar-refractivity contribution < 1.29 is 19.1 Å². The topological polar surface area (TPSA) is 64.6 Å². The van der Waals surface area contributed by atoms with Crippen molar-refractivity contribution in [1.29, 1.82) is 0 Å². The molecule has 0 saturated carbocycles. The summed E-state index contributed by atoms with van der Waals surface area (Å²) in [5, 5.41) is 4.41. The number of esters is 1. The fourth-order valence-corrected chi connectivity index (χ4v) is 1.96. The highest BCUT2D eigenvalue weighted by molar-refractivity contribution is 7.12. The smallest absolute Gasteiger partial charge is 0.328 e. The predicted octanol–water partition coefficient (Wildman–Crippen LogP) is 1.84. The van der Waals surface area contributed by atoms with Gasteiger partial charge in [0.05, 0.1) is 11.5 Å². The third-order valence-electron chi connectivity index (χ3n) is 2.33. The Hall–Kier alpha value is -1.40. The molecule has 1 amide bonds. The van der Waals surface area contributed by atoms with Crippen LogP contribution in [0.4, 0.5) is 0 Å². The first-order valence-corrected chi connectivity index (χ1v) is 7.12. The highest BCUT2D eigenvalue weighted by Crippen LogP contribution is 2.08. The molecule has 1 aromatic heterocycles. The Balaban J connectivity index is 2.23. The second-order valence-electron chi connectivity index (χ2n) is 3.89. The van der Waals surface area contributed by atoms with Crippen LogP contribution in [0.3, 0.4) is 0 Å². The summed E-state index contributed by atoms with van der Waals surface area (Å²) in [7, 11) is 0. The lowest BCUT2D eigenvalue weighted by Gasteiger charge is -2.12. The number of rotatable bonds is 8. The molecule has 0 fully saturated rings. The zero-order valence-electron chi connectivity index (χ0n) is 11.2. The van der Waals surface area contributed by atoms with Crippen molar-refractivity contribution in [3.05, 3.63) is 22.4 Å². The zero-order chi connectivity index (χ0) is 14.1. The highest BCUT2D eigenvalue weighted by atomic mass is 32.1. The van der Waals surface area contributed by atoms with E-state index in [0.29, 0.717) is 31.1 Å². The normalized spacial score (nSPS) is 11.9. The van der Waals surface area contributed by atoms with Crippen LogP contribution in [0.25, 0.3) is 0 Å². The van der Waals surface area contributed by atoms with Gasteiger partial charge < -0.3 is 14.8 Å². The molecule has 6 heteroatoms. The molecule has 106 valence electrons. The van der Waals surface area contributed by atoms with Gasteiger partial charge in [-0.25, -0.2) is 4.79 Å². The van der Waals surface area contributed by atoms with Gasteiger partial charge in [-0.1, -0.05) is 6.07 Å². The average molecular weight is 285 g/mol. The molecule has 0 radical (unpaired) electrons. The Bertz CT molecular complexity index is 391. The molecular weight excluding hydrogens is 266 g/mol. The van der Waals surface area contributed by atoms with Gasteiger partial charge in [0.25, 0.3) is 5.91 Å². The molecule has 0 aromatic carbocycles. The van der Waals surface area contributed by atoms with Gasteiger partial charge in [0.2, 0.25) is 0 Å². The Morgan fingerprint density at radius 1 is 1.42 bits per heavy atom. The van der Waals surface area contributed by atoms with E-state index in [2.05, 4.69) is 5.32 Å². The Morgan fingerprint density at radius 2 is 2.21 bits per heavy atom. The molecule has 0 bridgehead atoms. The van der Waals surface area contributed by atoms with Crippen molar-refractivity contribution in [2.24, 2.45) is 0 Å². The monoisotopic (exact) mass is 285 g/mol. The van der Waals surface area contributed by atoms with E-state index >= 15 is 0 Å². The third kappa shape index (κ3) is 5.85. The van der Waals surface area contributed by atoms with Gasteiger partial charge in [0.15, 0.2) is 0 Å². The van der Waals surface area contributed by atoms with Crippen LogP contribution in [-0.4, -0.2) is 37.7 Å². The molecule has 1 aromatic rings. The number of ether oxygens (including phenoxy) is 2. The summed E-state index contributed by atoms with van der Waals surface area (Å²) in [6.45, 7) is 5.05. The SMILES string of the molecule is CCOCCCOC(=O)C(C)NC(=O)c1cccs1. The van der Waals surface area contributed by atoms with Crippen LogP contribution < -0.4 is 5.32 Å². The van der Waals surface area contributed by atoms with Crippen LogP contribution in [0.1, 0.15) is 29.9 Å². The van der Waals surface area contributed by atoms with E-state index in [1.165, 1.54) is 11.3 Å². The first-order valence-electron chi connectivity index (χ1n) is 6.24. The second-order valence-corrected chi connectivity index (χ2v) is 4.84. The molecule has 1 rings (SSSR count). The Morgan fingerprint density at radius 3 is 2.84 bits per heavy atom. The summed E-state index contributed by atoms with van der Waals surface area (Å²) in [6.07, 6.45) is 0.658. The summed E-state index contributed by atoms with van der Waals surface area (Å²) < 4.78 is 10.2. The van der Waals surface area contributed by atoms with Crippen LogP contribution in [0.15, 0.2) is 17.5 Å². The van der Waals surface area contributed by atoms with Crippen molar-refractivity contribution in [1.82, 2.24) is 5.32 Å². The van der Waals surface area contributed by atoms with E-state index in [9.17, 15) is 9.59 Å². The molecule has 0 aliphatic carbocycles. The highest BCUT2D eigenvalue weighted by Gasteiger charge is 2.18. The summed E-state index contributed by atoms with van der Waals surface area (Å²) in [5.74, 6) is -0.685. The van der Waals surface area contributed by atoms with Crippen molar-refractivity contribution in [3.63, 3.8) is 0 Å². The van der Waals surface area contributed by atoms with E-state index in [1.807, 2.05) is 12.3 Å². The second kappa shape index (κ2) is 8.66. The quantitative estimate of drug-likeness (QED) is 0.584. The van der Waals surface area contributed by atoms with Gasteiger partial charge in [-0.2, -0.15) is 0 Å². The predicted molar refractivity (Wildman–Crippen MR) is 73.3 cm³/mol. The molecule has 0 saturated heterocycles. The van der Waals surface area contributed by atoms with E-state index in [0.717, 1.165) is 0 Å². The van der Waals surface area contributed by atoms with E-state index in [4.69, 9.17) is 9.47 Å². The van der Waals surface area contributed by atoms with Crippen LogP contribution in [0.2, 0.25) is 0 Å². The van der Waals surface area contributed by atoms with Crippen LogP contribution >= 0.6 is 11.3 Å². The van der Waals surface area contributed by atoms with Crippen molar-refractivity contribution >= 4 is 23.2 Å². The first-order chi connectivity index (χ1) is 9.15. The standard InChI is InChI=1S/C13H19NO4S/c1-3-17-7-5-8-18-13(16)10(2)14-12(15)11-6-4-9-19-11/h4,6,9-10H,3,5,7-8H2,1-2H3,(H,14,15). The van der Waals surface area contributed by atoms with Gasteiger partial charge in [0, 0.05) is 19.6 Å². The van der Waals surface area contributed by atoms with Crippen molar-refractivity contribution in [2.75, 3.05) is 19.8 Å². The summed E-state index contributed by atoms with van der Waals surface area (Å²) >= 11 is 1.33. The lowest BCUT2D eigenvalue weighted by atomic mass is 10.3. The minimum absolute atomic E-state index is 0.256. The average Bonchev–Trinajstić information content (AvgIpc) is 2.92. The maximum Gasteiger partial charge on any atom is 0.328 e. The lowest BCUT2D eigenvalue weighted by molar-refractivity contribution is -0.145. The Kier molecular flexibility index (Phi) is 7.14. The number of hydrogen-bond donors (Lipinski definition) is 1. The van der Waals surface area contributed by atoms with E-state index < -0.39 is 12.0 Å². The molecule has 1 unspecified atom stereocenters. The first kappa shape index (κ1) is 15.7. The fraction of sp³-hybridized carbons (Fsp3) is 0.538. The van der Waals surface area contributed by atoms with Gasteiger partial charge >= 0.3 is 5.97 Å². The minimum atomic E-state index is -0.651. The van der Waals surface area contributed by atoms with Crippen LogP contribution in [0, 0.1) is 0 Å². The van der Waals surface area contributed by atoms with Crippen molar-refractivity contribution in [3.8, 4) is 0 Å². The van der Waals surface area contributed by atoms with Crippen molar-refractivity contribution in [2.45, 2.75) is 26.3 Å². The van der Waals surface area contributed by atoms with E-state index in [-0.39, 0.29) is 5.91 Å². The summed E-state index contributed by atoms with van der Waals surface area (Å²) in [6, 6.07) is 2.85. The largest absolute Gasteiger partial charge is 0.464 e. The Labute approximate surface area is 116 Å². The number of hydrogen-bond acceptors (Lipinski definition) is 5. The zero-order valence-corrected chi connectivity index (χ0v) is 12.0. The molecule has 1 atom stereocenters. The number of amides is 1. The molecule has 1 heterocycles. The van der Waals surface area contributed by atoms with Gasteiger partial charge in [-0.15, -0.1) is 11.3 Å². The summed E-state index contributed by atoms with van der Waals surface area (Å²) in [5.41, 5.74) is 0. The van der Waals surface area contributed by atoms with Crippen LogP contribution in [0.5, 0.6) is 0 Å². The minimum Gasteiger partial charge on any atom is -0.464 e. The number of nitrogens with one attached hydrogen (secondary N) is 1. The lowest BCUT2D eigenvalue weighted by Crippen LogP contribution is -2.39. The van der Waals surface area contributed by atoms with Gasteiger partial charge in [-0.05, 0) is 25.3 Å². The number of carbonyl (C=O) groups is 2. The molecule has 0 spiro atoms. The molecule has 19 heavy (non-hydrogen) atoms. The maximum absolute atomic E-state index is 11.7. The summed E-state index contributed by atoms with van der Waals surface area (Å²) in [4.78, 5) is 23.9. The van der Waals surface area contributed by atoms with Gasteiger partial charge in [0.1, 0.15) is 6.04 Å². The molecule has 1 N–H and O–H groups in total. The van der Waals surface area contributed by atoms with Gasteiger partial charge in [-0.3, -0.25) is 4.79 Å². The molecule has 5 nitrogen and oxygen atoms in total. The number of carbonyl (C=O) groups excluding carboxylic acids is 2. The third-order valence-corrected chi connectivity index (χ3v) is 3.20. The number of thiophene rings is 1.